The van der Waals surface area contributed by atoms with E-state index in [2.05, 4.69) is 27.2 Å². The van der Waals surface area contributed by atoms with E-state index in [9.17, 15) is 9.59 Å². The lowest BCUT2D eigenvalue weighted by molar-refractivity contribution is -0.131. The lowest BCUT2D eigenvalue weighted by atomic mass is 10.0. The number of nitrogens with zero attached hydrogens (tertiary/aromatic N) is 2. The van der Waals surface area contributed by atoms with Crippen LogP contribution in [0.1, 0.15) is 56.6 Å². The number of fused-ring (bicyclic) bond motifs is 1. The van der Waals surface area contributed by atoms with E-state index < -0.39 is 0 Å². The van der Waals surface area contributed by atoms with Crippen molar-refractivity contribution in [2.75, 3.05) is 45.9 Å². The molecule has 1 N–H and O–H groups in total. The third-order valence-corrected chi connectivity index (χ3v) is 8.41. The van der Waals surface area contributed by atoms with Crippen molar-refractivity contribution in [1.82, 2.24) is 15.1 Å². The molecule has 0 spiro atoms. The molecule has 4 aliphatic rings. The summed E-state index contributed by atoms with van der Waals surface area (Å²) in [6.45, 7) is 6.22. The highest BCUT2D eigenvalue weighted by atomic mass is 16.5. The molecule has 1 saturated carbocycles. The van der Waals surface area contributed by atoms with Crippen molar-refractivity contribution in [3.05, 3.63) is 35.9 Å². The minimum Gasteiger partial charge on any atom is -0.381 e. The predicted molar refractivity (Wildman–Crippen MR) is 127 cm³/mol. The maximum atomic E-state index is 12.8. The largest absolute Gasteiger partial charge is 0.381 e. The molecular weight excluding hydrogens is 414 g/mol. The molecular formula is C27H39N3O3. The van der Waals surface area contributed by atoms with Gasteiger partial charge in [0.25, 0.3) is 0 Å². The zero-order valence-corrected chi connectivity index (χ0v) is 19.8. The van der Waals surface area contributed by atoms with Crippen molar-refractivity contribution in [3.8, 4) is 0 Å². The van der Waals surface area contributed by atoms with Gasteiger partial charge in [-0.15, -0.1) is 0 Å². The van der Waals surface area contributed by atoms with Crippen molar-refractivity contribution < 1.29 is 14.3 Å². The third-order valence-electron chi connectivity index (χ3n) is 8.41. The molecule has 6 heteroatoms. The molecule has 4 atom stereocenters. The van der Waals surface area contributed by atoms with Crippen molar-refractivity contribution >= 4 is 11.8 Å². The molecule has 0 aromatic heterocycles. The molecule has 3 unspecified atom stereocenters. The highest BCUT2D eigenvalue weighted by molar-refractivity contribution is 5.79. The Labute approximate surface area is 198 Å². The monoisotopic (exact) mass is 453 g/mol. The van der Waals surface area contributed by atoms with Gasteiger partial charge in [-0.25, -0.2) is 0 Å². The van der Waals surface area contributed by atoms with Crippen LogP contribution in [-0.4, -0.2) is 67.6 Å². The SMILES string of the molecule is O=C(N[C@@H](CCN1CC2CN(C(=O)CC3CCCC3)CC2C1)c1ccccc1)C1CCOC1. The van der Waals surface area contributed by atoms with Crippen molar-refractivity contribution in [2.45, 2.75) is 51.0 Å². The standard InChI is InChI=1S/C27H39N3O3/c31-26(14-20-6-4-5-7-20)30-17-23-15-29(16-24(23)18-30)12-10-25(21-8-2-1-3-9-21)28-27(32)22-11-13-33-19-22/h1-3,8-9,20,22-25H,4-7,10-19H2,(H,28,32)/t22?,23?,24?,25-/m0/s1. The smallest absolute Gasteiger partial charge is 0.226 e. The van der Waals surface area contributed by atoms with Crippen LogP contribution in [0.4, 0.5) is 0 Å². The molecule has 1 aromatic rings. The van der Waals surface area contributed by atoms with Gasteiger partial charge in [-0.3, -0.25) is 9.59 Å². The van der Waals surface area contributed by atoms with Gasteiger partial charge in [0.05, 0.1) is 18.6 Å². The van der Waals surface area contributed by atoms with Gasteiger partial charge in [0.2, 0.25) is 11.8 Å². The summed E-state index contributed by atoms with van der Waals surface area (Å²) < 4.78 is 5.41. The van der Waals surface area contributed by atoms with Gasteiger partial charge in [-0.1, -0.05) is 43.2 Å². The fourth-order valence-electron chi connectivity index (χ4n) is 6.42. The van der Waals surface area contributed by atoms with Crippen molar-refractivity contribution in [2.24, 2.45) is 23.7 Å². The van der Waals surface area contributed by atoms with Crippen LogP contribution >= 0.6 is 0 Å². The summed E-state index contributed by atoms with van der Waals surface area (Å²) >= 11 is 0. The fraction of sp³-hybridized carbons (Fsp3) is 0.704. The number of hydrogen-bond donors (Lipinski definition) is 1. The summed E-state index contributed by atoms with van der Waals surface area (Å²) in [6.07, 6.45) is 7.59. The molecule has 5 rings (SSSR count). The molecule has 180 valence electrons. The van der Waals surface area contributed by atoms with E-state index in [1.165, 1.54) is 31.2 Å². The number of rotatable bonds is 8. The summed E-state index contributed by atoms with van der Waals surface area (Å²) in [6, 6.07) is 10.4. The van der Waals surface area contributed by atoms with Gasteiger partial charge in [0, 0.05) is 45.8 Å². The number of nitrogens with one attached hydrogen (secondary N) is 1. The van der Waals surface area contributed by atoms with Gasteiger partial charge < -0.3 is 19.9 Å². The zero-order chi connectivity index (χ0) is 22.6. The molecule has 0 radical (unpaired) electrons. The van der Waals surface area contributed by atoms with Gasteiger partial charge in [-0.05, 0) is 49.0 Å². The molecule has 3 saturated heterocycles. The lowest BCUT2D eigenvalue weighted by Gasteiger charge is -2.26. The third kappa shape index (κ3) is 5.60. The maximum absolute atomic E-state index is 12.8. The van der Waals surface area contributed by atoms with Crippen LogP contribution in [0.3, 0.4) is 0 Å². The molecule has 6 nitrogen and oxygen atoms in total. The number of benzene rings is 1. The maximum Gasteiger partial charge on any atom is 0.226 e. The van der Waals surface area contributed by atoms with E-state index in [0.29, 0.717) is 36.9 Å². The summed E-state index contributed by atoms with van der Waals surface area (Å²) in [5.74, 6) is 2.35. The molecule has 3 aliphatic heterocycles. The molecule has 0 bridgehead atoms. The minimum atomic E-state index is -0.0184. The average molecular weight is 454 g/mol. The Morgan fingerprint density at radius 3 is 2.39 bits per heavy atom. The van der Waals surface area contributed by atoms with Crippen LogP contribution in [0.25, 0.3) is 0 Å². The first-order chi connectivity index (χ1) is 16.2. The first-order valence-electron chi connectivity index (χ1n) is 13.1. The van der Waals surface area contributed by atoms with E-state index in [4.69, 9.17) is 4.74 Å². The van der Waals surface area contributed by atoms with E-state index in [0.717, 1.165) is 52.0 Å². The second kappa shape index (κ2) is 10.6. The number of likely N-dealkylation sites (tertiary alicyclic amines) is 2. The number of hydrogen-bond acceptors (Lipinski definition) is 4. The normalized spacial score (nSPS) is 28.8. The molecule has 1 aromatic carbocycles. The Morgan fingerprint density at radius 1 is 1.00 bits per heavy atom. The second-order valence-electron chi connectivity index (χ2n) is 10.8. The number of amides is 2. The summed E-state index contributed by atoms with van der Waals surface area (Å²) in [7, 11) is 0. The summed E-state index contributed by atoms with van der Waals surface area (Å²) in [5, 5.41) is 3.31. The highest BCUT2D eigenvalue weighted by Crippen LogP contribution is 2.34. The molecule has 1 aliphatic carbocycles. The first-order valence-corrected chi connectivity index (χ1v) is 13.1. The predicted octanol–water partition coefficient (Wildman–Crippen LogP) is 3.24. The van der Waals surface area contributed by atoms with Crippen LogP contribution in [0, 0.1) is 23.7 Å². The van der Waals surface area contributed by atoms with E-state index in [-0.39, 0.29) is 17.9 Å². The van der Waals surface area contributed by atoms with E-state index in [1.807, 2.05) is 18.2 Å². The average Bonchev–Trinajstić information content (AvgIpc) is 3.62. The van der Waals surface area contributed by atoms with Gasteiger partial charge in [0.1, 0.15) is 0 Å². The Bertz CT molecular complexity index is 790. The second-order valence-corrected chi connectivity index (χ2v) is 10.8. The zero-order valence-electron chi connectivity index (χ0n) is 19.8. The van der Waals surface area contributed by atoms with Crippen molar-refractivity contribution in [1.29, 1.82) is 0 Å². The van der Waals surface area contributed by atoms with E-state index >= 15 is 0 Å². The highest BCUT2D eigenvalue weighted by Gasteiger charge is 2.41. The first kappa shape index (κ1) is 22.9. The Balaban J connectivity index is 1.11. The molecule has 2 amide bonds. The van der Waals surface area contributed by atoms with Crippen LogP contribution in [0.2, 0.25) is 0 Å². The lowest BCUT2D eigenvalue weighted by Crippen LogP contribution is -2.37. The Kier molecular flexibility index (Phi) is 7.31. The van der Waals surface area contributed by atoms with Crippen LogP contribution < -0.4 is 5.32 Å². The van der Waals surface area contributed by atoms with Gasteiger partial charge in [-0.2, -0.15) is 0 Å². The number of ether oxygens (including phenoxy) is 1. The molecule has 4 fully saturated rings. The van der Waals surface area contributed by atoms with Gasteiger partial charge >= 0.3 is 0 Å². The van der Waals surface area contributed by atoms with Crippen LogP contribution in [0.5, 0.6) is 0 Å². The summed E-state index contributed by atoms with van der Waals surface area (Å²) in [5.41, 5.74) is 1.17. The van der Waals surface area contributed by atoms with E-state index in [1.54, 1.807) is 0 Å². The summed E-state index contributed by atoms with van der Waals surface area (Å²) in [4.78, 5) is 30.2. The quantitative estimate of drug-likeness (QED) is 0.657. The van der Waals surface area contributed by atoms with Crippen LogP contribution in [-0.2, 0) is 14.3 Å². The van der Waals surface area contributed by atoms with Crippen molar-refractivity contribution in [3.63, 3.8) is 0 Å². The Hall–Kier alpha value is -1.92. The number of carbonyl (C=O) groups excluding carboxylic acids is 2. The minimum absolute atomic E-state index is 0.0184. The molecule has 33 heavy (non-hydrogen) atoms. The number of carbonyl (C=O) groups is 2. The molecule has 3 heterocycles. The Morgan fingerprint density at radius 2 is 1.73 bits per heavy atom. The van der Waals surface area contributed by atoms with Gasteiger partial charge in [0.15, 0.2) is 0 Å². The fourth-order valence-corrected chi connectivity index (χ4v) is 6.42. The van der Waals surface area contributed by atoms with Crippen LogP contribution in [0.15, 0.2) is 30.3 Å². The topological polar surface area (TPSA) is 61.9 Å².